The molecule has 5 rings (SSSR count). The van der Waals surface area contributed by atoms with Crippen LogP contribution in [0.2, 0.25) is 0 Å². The summed E-state index contributed by atoms with van der Waals surface area (Å²) in [5, 5.41) is 15.3. The number of hydroxylamine groups is 2. The molecule has 1 N–H and O–H groups in total. The summed E-state index contributed by atoms with van der Waals surface area (Å²) < 4.78 is -0.259. The first kappa shape index (κ1) is 12.3. The second-order valence-electron chi connectivity index (χ2n) is 6.10. The van der Waals surface area contributed by atoms with Crippen LogP contribution in [-0.2, 0) is 0 Å². The fraction of sp³-hybridized carbons (Fsp3) is 0.438. The van der Waals surface area contributed by atoms with E-state index in [2.05, 4.69) is 22.1 Å². The van der Waals surface area contributed by atoms with Gasteiger partial charge in [-0.15, -0.1) is 0 Å². The molecule has 3 fully saturated rings. The van der Waals surface area contributed by atoms with Gasteiger partial charge in [0.05, 0.1) is 12.1 Å². The monoisotopic (exact) mass is 270 g/mol. The Hall–Kier alpha value is -1.49. The van der Waals surface area contributed by atoms with E-state index in [1.165, 1.54) is 25.9 Å². The molecule has 3 saturated heterocycles. The van der Waals surface area contributed by atoms with Crippen molar-refractivity contribution in [3.8, 4) is 0 Å². The molecule has 4 nitrogen and oxygen atoms in total. The summed E-state index contributed by atoms with van der Waals surface area (Å²) in [7, 11) is 0. The largest absolute Gasteiger partial charge is 0.297 e. The van der Waals surface area contributed by atoms with E-state index in [1.54, 1.807) is 0 Å². The molecule has 1 aromatic carbocycles. The fourth-order valence-corrected chi connectivity index (χ4v) is 3.75. The molecule has 0 aliphatic carbocycles. The average molecular weight is 270 g/mol. The third-order valence-corrected chi connectivity index (χ3v) is 4.93. The van der Waals surface area contributed by atoms with Crippen molar-refractivity contribution in [2.45, 2.75) is 18.9 Å². The Balaban J connectivity index is 1.63. The van der Waals surface area contributed by atoms with Gasteiger partial charge in [0.25, 0.3) is 0 Å². The summed E-state index contributed by atoms with van der Waals surface area (Å²) in [6.45, 7) is 3.32. The van der Waals surface area contributed by atoms with Gasteiger partial charge in [0.2, 0.25) is 0 Å². The Kier molecular flexibility index (Phi) is 2.77. The average Bonchev–Trinajstić information content (AvgIpc) is 2.93. The number of hydrogen-bond donors (Lipinski definition) is 1. The lowest BCUT2D eigenvalue weighted by Crippen LogP contribution is -2.60. The predicted molar refractivity (Wildman–Crippen MR) is 77.9 cm³/mol. The van der Waals surface area contributed by atoms with E-state index in [-0.39, 0.29) is 10.8 Å². The van der Waals surface area contributed by atoms with Crippen LogP contribution >= 0.6 is 0 Å². The molecule has 104 valence electrons. The Bertz CT molecular complexity index is 560. The number of allylic oxidation sites excluding steroid dienone is 1. The Morgan fingerprint density at radius 1 is 1.15 bits per heavy atom. The highest BCUT2D eigenvalue weighted by Gasteiger charge is 2.49. The number of fused-ring (bicyclic) bond motifs is 3. The van der Waals surface area contributed by atoms with E-state index in [1.807, 2.05) is 30.6 Å². The molecule has 0 radical (unpaired) electrons. The smallest absolute Gasteiger partial charge is 0.167 e. The summed E-state index contributed by atoms with van der Waals surface area (Å²) in [5.41, 5.74) is 2.14. The molecule has 4 heterocycles. The van der Waals surface area contributed by atoms with Crippen LogP contribution in [0.25, 0.3) is 5.57 Å². The zero-order chi connectivity index (χ0) is 13.6. The summed E-state index contributed by atoms with van der Waals surface area (Å²) in [6.07, 6.45) is 6.10. The maximum Gasteiger partial charge on any atom is 0.167 e. The summed E-state index contributed by atoms with van der Waals surface area (Å²) >= 11 is 0. The molecular formula is C16H20N3O+. The standard InChI is InChI=1S/C16H20N3O/c20-19(16-11-18-8-6-14(16)7-9-18)12-15(10-17-19)13-4-2-1-3-5-13/h1-5,10,12,14,16,20H,6-9,11H2/q+1. The Labute approximate surface area is 119 Å². The zero-order valence-electron chi connectivity index (χ0n) is 11.5. The fourth-order valence-electron chi connectivity index (χ4n) is 3.75. The van der Waals surface area contributed by atoms with Crippen molar-refractivity contribution in [3.05, 3.63) is 42.1 Å². The Morgan fingerprint density at radius 2 is 1.90 bits per heavy atom. The number of benzene rings is 1. The molecule has 0 spiro atoms. The summed E-state index contributed by atoms with van der Waals surface area (Å²) in [6, 6.07) is 10.3. The van der Waals surface area contributed by atoms with E-state index in [0.717, 1.165) is 17.7 Å². The second-order valence-corrected chi connectivity index (χ2v) is 6.10. The first-order valence-corrected chi connectivity index (χ1v) is 7.42. The zero-order valence-corrected chi connectivity index (χ0v) is 11.5. The third-order valence-electron chi connectivity index (χ3n) is 4.93. The lowest BCUT2D eigenvalue weighted by atomic mass is 9.83. The molecule has 0 saturated carbocycles. The van der Waals surface area contributed by atoms with Crippen LogP contribution in [-0.4, -0.2) is 46.8 Å². The highest BCUT2D eigenvalue weighted by Crippen LogP contribution is 2.37. The lowest BCUT2D eigenvalue weighted by Gasteiger charge is -2.45. The van der Waals surface area contributed by atoms with Gasteiger partial charge in [0, 0.05) is 5.92 Å². The number of rotatable bonds is 2. The van der Waals surface area contributed by atoms with Crippen LogP contribution in [0, 0.1) is 5.92 Å². The van der Waals surface area contributed by atoms with Crippen LogP contribution in [0.3, 0.4) is 0 Å². The van der Waals surface area contributed by atoms with E-state index in [9.17, 15) is 5.21 Å². The lowest BCUT2D eigenvalue weighted by molar-refractivity contribution is -1.09. The minimum atomic E-state index is -0.259. The first-order chi connectivity index (χ1) is 9.74. The molecule has 2 unspecified atom stereocenters. The Morgan fingerprint density at radius 3 is 2.55 bits per heavy atom. The van der Waals surface area contributed by atoms with Crippen molar-refractivity contribution >= 4 is 11.8 Å². The quantitative estimate of drug-likeness (QED) is 0.837. The first-order valence-electron chi connectivity index (χ1n) is 7.42. The van der Waals surface area contributed by atoms with Crippen molar-refractivity contribution in [3.63, 3.8) is 0 Å². The normalized spacial score (nSPS) is 39.0. The molecule has 2 bridgehead atoms. The van der Waals surface area contributed by atoms with E-state index >= 15 is 0 Å². The van der Waals surface area contributed by atoms with Crippen LogP contribution < -0.4 is 0 Å². The van der Waals surface area contributed by atoms with E-state index < -0.39 is 0 Å². The van der Waals surface area contributed by atoms with Crippen molar-refractivity contribution in [2.24, 2.45) is 11.0 Å². The highest BCUT2D eigenvalue weighted by atomic mass is 16.6. The maximum absolute atomic E-state index is 10.9. The topological polar surface area (TPSA) is 35.8 Å². The number of quaternary nitrogens is 1. The summed E-state index contributed by atoms with van der Waals surface area (Å²) in [5.74, 6) is 0.591. The van der Waals surface area contributed by atoms with Crippen LogP contribution in [0.1, 0.15) is 18.4 Å². The van der Waals surface area contributed by atoms with Crippen LogP contribution in [0.5, 0.6) is 0 Å². The van der Waals surface area contributed by atoms with Crippen LogP contribution in [0.4, 0.5) is 0 Å². The van der Waals surface area contributed by atoms with Crippen molar-refractivity contribution in [1.82, 2.24) is 4.90 Å². The van der Waals surface area contributed by atoms with Gasteiger partial charge in [-0.1, -0.05) is 30.3 Å². The maximum atomic E-state index is 10.9. The molecule has 0 aromatic heterocycles. The van der Waals surface area contributed by atoms with Crippen LogP contribution in [0.15, 0.2) is 41.6 Å². The van der Waals surface area contributed by atoms with Gasteiger partial charge >= 0.3 is 0 Å². The van der Waals surface area contributed by atoms with Gasteiger partial charge < -0.3 is 0 Å². The molecule has 4 heteroatoms. The minimum absolute atomic E-state index is 0.190. The predicted octanol–water partition coefficient (Wildman–Crippen LogP) is 2.33. The second kappa shape index (κ2) is 4.52. The van der Waals surface area contributed by atoms with Gasteiger partial charge in [0.15, 0.2) is 12.2 Å². The minimum Gasteiger partial charge on any atom is -0.297 e. The van der Waals surface area contributed by atoms with E-state index in [4.69, 9.17) is 0 Å². The van der Waals surface area contributed by atoms with Crippen molar-refractivity contribution in [1.29, 1.82) is 0 Å². The van der Waals surface area contributed by atoms with Gasteiger partial charge in [-0.25, -0.2) is 0 Å². The number of piperidine rings is 3. The molecule has 4 aliphatic rings. The summed E-state index contributed by atoms with van der Waals surface area (Å²) in [4.78, 5) is 2.45. The molecule has 4 aliphatic heterocycles. The van der Waals surface area contributed by atoms with Gasteiger partial charge in [-0.05, 0) is 41.4 Å². The number of nitrogens with zero attached hydrogens (tertiary/aromatic N) is 3. The molecule has 20 heavy (non-hydrogen) atoms. The molecular weight excluding hydrogens is 250 g/mol. The molecule has 1 aromatic rings. The SMILES string of the molecule is O[N+]1(C2CN3CCC2CC3)C=C(c2ccccc2)C=N1. The van der Waals surface area contributed by atoms with Gasteiger partial charge in [-0.3, -0.25) is 4.90 Å². The van der Waals surface area contributed by atoms with Crippen molar-refractivity contribution in [2.75, 3.05) is 19.6 Å². The third kappa shape index (κ3) is 1.92. The van der Waals surface area contributed by atoms with Gasteiger partial charge in [-0.2, -0.15) is 5.21 Å². The highest BCUT2D eigenvalue weighted by molar-refractivity contribution is 6.10. The molecule has 2 atom stereocenters. The molecule has 0 amide bonds. The van der Waals surface area contributed by atoms with Crippen molar-refractivity contribution < 1.29 is 9.96 Å². The van der Waals surface area contributed by atoms with Gasteiger partial charge in [0.1, 0.15) is 6.21 Å². The number of hydrogen-bond acceptors (Lipinski definition) is 3. The van der Waals surface area contributed by atoms with E-state index in [0.29, 0.717) is 5.92 Å².